The molecule has 0 spiro atoms. The van der Waals surface area contributed by atoms with Crippen LogP contribution in [0, 0.1) is 3.57 Å². The molecule has 25 heavy (non-hydrogen) atoms. The summed E-state index contributed by atoms with van der Waals surface area (Å²) >= 11 is 14.1. The number of rotatable bonds is 2. The number of benzene rings is 2. The van der Waals surface area contributed by atoms with E-state index in [-0.39, 0.29) is 16.3 Å². The third-order valence-corrected chi connectivity index (χ3v) is 4.62. The Balaban J connectivity index is 2.05. The average Bonchev–Trinajstić information content (AvgIpc) is 2.53. The van der Waals surface area contributed by atoms with Gasteiger partial charge in [-0.3, -0.25) is 14.9 Å². The van der Waals surface area contributed by atoms with Gasteiger partial charge in [0.05, 0.1) is 10.7 Å². The van der Waals surface area contributed by atoms with Crippen LogP contribution in [0.5, 0.6) is 0 Å². The van der Waals surface area contributed by atoms with Crippen molar-refractivity contribution < 1.29 is 14.4 Å². The number of nitrogens with one attached hydrogen (secondary N) is 1. The molecule has 2 aromatic rings. The number of halogens is 3. The summed E-state index contributed by atoms with van der Waals surface area (Å²) in [7, 11) is 0. The zero-order valence-corrected chi connectivity index (χ0v) is 16.1. The molecule has 0 saturated carbocycles. The summed E-state index contributed by atoms with van der Waals surface area (Å²) in [6, 6.07) is 10.8. The standard InChI is InChI=1S/C17H9Cl2IN2O3/c18-10-4-5-14(13(19)8-10)22-16(24)12(15(23)21-17(22)25)7-9-2-1-3-11(20)6-9/h1-8H,(H,21,23,25). The van der Waals surface area contributed by atoms with Gasteiger partial charge in [-0.15, -0.1) is 0 Å². The molecule has 1 fully saturated rings. The number of carbonyl (C=O) groups excluding carboxylic acids is 3. The third kappa shape index (κ3) is 3.70. The lowest BCUT2D eigenvalue weighted by atomic mass is 10.1. The van der Waals surface area contributed by atoms with Crippen molar-refractivity contribution in [2.45, 2.75) is 0 Å². The summed E-state index contributed by atoms with van der Waals surface area (Å²) in [5.41, 5.74) is 0.657. The van der Waals surface area contributed by atoms with E-state index in [4.69, 9.17) is 23.2 Å². The first kappa shape index (κ1) is 17.9. The molecule has 0 radical (unpaired) electrons. The van der Waals surface area contributed by atoms with Gasteiger partial charge in [0.1, 0.15) is 5.57 Å². The normalized spacial score (nSPS) is 16.4. The first-order valence-electron chi connectivity index (χ1n) is 6.99. The van der Waals surface area contributed by atoms with Gasteiger partial charge in [0, 0.05) is 8.59 Å². The SMILES string of the molecule is O=C1NC(=O)N(c2ccc(Cl)cc2Cl)C(=O)C1=Cc1cccc(I)c1. The summed E-state index contributed by atoms with van der Waals surface area (Å²) in [6.45, 7) is 0. The van der Waals surface area contributed by atoms with Crippen molar-refractivity contribution in [3.8, 4) is 0 Å². The second-order valence-electron chi connectivity index (χ2n) is 5.11. The number of urea groups is 1. The highest BCUT2D eigenvalue weighted by Gasteiger charge is 2.37. The van der Waals surface area contributed by atoms with Gasteiger partial charge in [-0.25, -0.2) is 9.69 Å². The van der Waals surface area contributed by atoms with E-state index in [9.17, 15) is 14.4 Å². The van der Waals surface area contributed by atoms with Crippen LogP contribution in [-0.4, -0.2) is 17.8 Å². The van der Waals surface area contributed by atoms with Gasteiger partial charge in [0.15, 0.2) is 0 Å². The minimum atomic E-state index is -0.862. The number of imide groups is 2. The van der Waals surface area contributed by atoms with E-state index >= 15 is 0 Å². The van der Waals surface area contributed by atoms with Crippen LogP contribution in [0.4, 0.5) is 10.5 Å². The smallest absolute Gasteiger partial charge is 0.273 e. The molecular formula is C17H9Cl2IN2O3. The molecule has 1 aliphatic heterocycles. The summed E-state index contributed by atoms with van der Waals surface area (Å²) in [5, 5.41) is 2.64. The highest BCUT2D eigenvalue weighted by Crippen LogP contribution is 2.31. The Morgan fingerprint density at radius 3 is 2.48 bits per heavy atom. The molecule has 8 heteroatoms. The van der Waals surface area contributed by atoms with Crippen LogP contribution < -0.4 is 10.2 Å². The largest absolute Gasteiger partial charge is 0.335 e. The summed E-state index contributed by atoms with van der Waals surface area (Å²) < 4.78 is 0.948. The maximum atomic E-state index is 12.8. The molecule has 3 rings (SSSR count). The average molecular weight is 487 g/mol. The lowest BCUT2D eigenvalue weighted by molar-refractivity contribution is -0.122. The quantitative estimate of drug-likeness (QED) is 0.391. The lowest BCUT2D eigenvalue weighted by Gasteiger charge is -2.27. The highest BCUT2D eigenvalue weighted by atomic mass is 127. The van der Waals surface area contributed by atoms with Gasteiger partial charge in [0.2, 0.25) is 0 Å². The molecule has 5 nitrogen and oxygen atoms in total. The number of hydrogen-bond acceptors (Lipinski definition) is 3. The zero-order chi connectivity index (χ0) is 18.1. The fraction of sp³-hybridized carbons (Fsp3) is 0. The van der Waals surface area contributed by atoms with Crippen molar-refractivity contribution in [2.24, 2.45) is 0 Å². The molecule has 0 aromatic heterocycles. The molecular weight excluding hydrogens is 478 g/mol. The first-order chi connectivity index (χ1) is 11.9. The second-order valence-corrected chi connectivity index (χ2v) is 7.20. The first-order valence-corrected chi connectivity index (χ1v) is 8.82. The van der Waals surface area contributed by atoms with Crippen molar-refractivity contribution >= 4 is 75.4 Å². The molecule has 1 heterocycles. The van der Waals surface area contributed by atoms with E-state index in [1.54, 1.807) is 12.1 Å². The van der Waals surface area contributed by atoms with Gasteiger partial charge in [-0.05, 0) is 64.6 Å². The van der Waals surface area contributed by atoms with E-state index in [1.807, 2.05) is 12.1 Å². The number of carbonyl (C=O) groups is 3. The topological polar surface area (TPSA) is 66.5 Å². The minimum absolute atomic E-state index is 0.124. The molecule has 126 valence electrons. The van der Waals surface area contributed by atoms with E-state index in [2.05, 4.69) is 27.9 Å². The van der Waals surface area contributed by atoms with Gasteiger partial charge in [-0.1, -0.05) is 35.3 Å². The van der Waals surface area contributed by atoms with E-state index < -0.39 is 17.8 Å². The Morgan fingerprint density at radius 2 is 1.80 bits per heavy atom. The maximum Gasteiger partial charge on any atom is 0.335 e. The van der Waals surface area contributed by atoms with Gasteiger partial charge >= 0.3 is 6.03 Å². The third-order valence-electron chi connectivity index (χ3n) is 3.41. The van der Waals surface area contributed by atoms with Crippen LogP contribution >= 0.6 is 45.8 Å². The van der Waals surface area contributed by atoms with Crippen LogP contribution in [-0.2, 0) is 9.59 Å². The molecule has 1 saturated heterocycles. The summed E-state index contributed by atoms with van der Waals surface area (Å²) in [4.78, 5) is 37.8. The fourth-order valence-electron chi connectivity index (χ4n) is 2.30. The van der Waals surface area contributed by atoms with E-state index in [0.29, 0.717) is 10.6 Å². The summed E-state index contributed by atoms with van der Waals surface area (Å²) in [5.74, 6) is -1.51. The lowest BCUT2D eigenvalue weighted by Crippen LogP contribution is -2.54. The van der Waals surface area contributed by atoms with Crippen molar-refractivity contribution in [1.82, 2.24) is 5.32 Å². The van der Waals surface area contributed by atoms with Gasteiger partial charge in [0.25, 0.3) is 11.8 Å². The van der Waals surface area contributed by atoms with Crippen LogP contribution in [0.25, 0.3) is 6.08 Å². The molecule has 0 unspecified atom stereocenters. The highest BCUT2D eigenvalue weighted by molar-refractivity contribution is 14.1. The number of hydrogen-bond donors (Lipinski definition) is 1. The van der Waals surface area contributed by atoms with E-state index in [0.717, 1.165) is 8.47 Å². The second kappa shape index (κ2) is 7.15. The van der Waals surface area contributed by atoms with Crippen LogP contribution in [0.3, 0.4) is 0 Å². The molecule has 0 aliphatic carbocycles. The van der Waals surface area contributed by atoms with Gasteiger partial charge < -0.3 is 0 Å². The Morgan fingerprint density at radius 1 is 1.04 bits per heavy atom. The van der Waals surface area contributed by atoms with Crippen molar-refractivity contribution in [2.75, 3.05) is 4.90 Å². The van der Waals surface area contributed by atoms with Crippen LogP contribution in [0.1, 0.15) is 5.56 Å². The summed E-state index contributed by atoms with van der Waals surface area (Å²) in [6.07, 6.45) is 1.43. The Hall–Kier alpha value is -1.90. The molecule has 2 aromatic carbocycles. The predicted octanol–water partition coefficient (Wildman–Crippen LogP) is 4.26. The van der Waals surface area contributed by atoms with Crippen molar-refractivity contribution in [3.05, 3.63) is 67.2 Å². The van der Waals surface area contributed by atoms with Gasteiger partial charge in [-0.2, -0.15) is 0 Å². The Bertz CT molecular complexity index is 943. The molecule has 1 N–H and O–H groups in total. The Kier molecular flexibility index (Phi) is 5.12. The maximum absolute atomic E-state index is 12.8. The molecule has 0 atom stereocenters. The molecule has 1 aliphatic rings. The number of anilines is 1. The number of amides is 4. The van der Waals surface area contributed by atoms with Crippen LogP contribution in [0.2, 0.25) is 10.0 Å². The number of barbiturate groups is 1. The monoisotopic (exact) mass is 486 g/mol. The van der Waals surface area contributed by atoms with E-state index in [1.165, 1.54) is 24.3 Å². The minimum Gasteiger partial charge on any atom is -0.273 e. The number of nitrogens with zero attached hydrogens (tertiary/aromatic N) is 1. The predicted molar refractivity (Wildman–Crippen MR) is 105 cm³/mol. The van der Waals surface area contributed by atoms with Crippen molar-refractivity contribution in [1.29, 1.82) is 0 Å². The Labute approximate surface area is 166 Å². The fourth-order valence-corrected chi connectivity index (χ4v) is 3.36. The van der Waals surface area contributed by atoms with Crippen LogP contribution in [0.15, 0.2) is 48.0 Å². The molecule has 4 amide bonds. The van der Waals surface area contributed by atoms with Crippen molar-refractivity contribution in [3.63, 3.8) is 0 Å². The zero-order valence-electron chi connectivity index (χ0n) is 12.4. The molecule has 0 bridgehead atoms.